The fraction of sp³-hybridized carbons (Fsp3) is 0.261. The van der Waals surface area contributed by atoms with Gasteiger partial charge in [-0.1, -0.05) is 23.9 Å². The number of methoxy groups -OCH3 is 1. The Balaban J connectivity index is 1.45. The fourth-order valence-electron chi connectivity index (χ4n) is 3.81. The van der Waals surface area contributed by atoms with Gasteiger partial charge in [0.2, 0.25) is 0 Å². The van der Waals surface area contributed by atoms with E-state index >= 15 is 0 Å². The number of Topliss-reactive ketones (excluding diaryl/α,β-unsaturated/α-hetero) is 1. The molecule has 3 heterocycles. The Morgan fingerprint density at radius 3 is 2.80 bits per heavy atom. The van der Waals surface area contributed by atoms with E-state index in [1.165, 1.54) is 4.57 Å². The zero-order valence-corrected chi connectivity index (χ0v) is 19.6. The highest BCUT2D eigenvalue weighted by atomic mass is 32.2. The molecular weight excluding hydrogens is 472 g/mol. The van der Waals surface area contributed by atoms with Crippen LogP contribution in [-0.2, 0) is 6.54 Å². The van der Waals surface area contributed by atoms with Crippen LogP contribution in [0.2, 0.25) is 0 Å². The number of anilines is 1. The minimum Gasteiger partial charge on any atom is -0.497 e. The molecule has 1 fully saturated rings. The molecule has 0 aliphatic heterocycles. The molecule has 12 heteroatoms. The number of carbonyl (C=O) groups is 1. The summed E-state index contributed by atoms with van der Waals surface area (Å²) in [6, 6.07) is 10.9. The van der Waals surface area contributed by atoms with Gasteiger partial charge in [-0.15, -0.1) is 10.2 Å². The van der Waals surface area contributed by atoms with Gasteiger partial charge in [0.1, 0.15) is 22.9 Å². The Labute approximate surface area is 202 Å². The number of hydrogen-bond acceptors (Lipinski definition) is 9. The second kappa shape index (κ2) is 9.29. The molecule has 1 aliphatic rings. The Hall–Kier alpha value is -4.06. The summed E-state index contributed by atoms with van der Waals surface area (Å²) >= 11 is 1.12. The monoisotopic (exact) mass is 494 g/mol. The van der Waals surface area contributed by atoms with Crippen molar-refractivity contribution in [2.45, 2.75) is 30.6 Å². The summed E-state index contributed by atoms with van der Waals surface area (Å²) in [5.41, 5.74) is 5.26. The van der Waals surface area contributed by atoms with E-state index in [-0.39, 0.29) is 23.2 Å². The fourth-order valence-corrected chi connectivity index (χ4v) is 4.62. The quantitative estimate of drug-likeness (QED) is 0.264. The summed E-state index contributed by atoms with van der Waals surface area (Å²) in [4.78, 5) is 39.8. The number of thioether (sulfide) groups is 1. The maximum absolute atomic E-state index is 13.0. The van der Waals surface area contributed by atoms with E-state index in [2.05, 4.69) is 15.2 Å². The van der Waals surface area contributed by atoms with Crippen molar-refractivity contribution >= 4 is 23.4 Å². The number of nitrogens with one attached hydrogen (secondary N) is 1. The molecule has 11 nitrogen and oxygen atoms in total. The van der Waals surface area contributed by atoms with Crippen molar-refractivity contribution in [3.8, 4) is 17.1 Å². The highest BCUT2D eigenvalue weighted by Gasteiger charge is 2.30. The minimum atomic E-state index is -0.788. The van der Waals surface area contributed by atoms with Crippen LogP contribution >= 0.6 is 11.8 Å². The summed E-state index contributed by atoms with van der Waals surface area (Å²) in [5.74, 6) is 1.19. The number of H-pyrrole nitrogens is 1. The predicted molar refractivity (Wildman–Crippen MR) is 129 cm³/mol. The van der Waals surface area contributed by atoms with Gasteiger partial charge >= 0.3 is 5.69 Å². The van der Waals surface area contributed by atoms with Crippen molar-refractivity contribution in [1.82, 2.24) is 24.3 Å². The first-order valence-corrected chi connectivity index (χ1v) is 11.8. The minimum absolute atomic E-state index is 0.0830. The van der Waals surface area contributed by atoms with Crippen LogP contribution in [0.1, 0.15) is 35.0 Å². The summed E-state index contributed by atoms with van der Waals surface area (Å²) < 4.78 is 13.9. The molecule has 3 aromatic heterocycles. The van der Waals surface area contributed by atoms with E-state index in [1.807, 2.05) is 34.9 Å². The number of aromatic amines is 1. The Morgan fingerprint density at radius 1 is 1.26 bits per heavy atom. The van der Waals surface area contributed by atoms with E-state index in [4.69, 9.17) is 14.9 Å². The van der Waals surface area contributed by atoms with E-state index < -0.39 is 17.0 Å². The molecule has 180 valence electrons. The van der Waals surface area contributed by atoms with Crippen LogP contribution in [0, 0.1) is 0 Å². The number of ketones is 1. The van der Waals surface area contributed by atoms with E-state index in [0.717, 1.165) is 30.2 Å². The molecule has 0 saturated heterocycles. The smallest absolute Gasteiger partial charge is 0.330 e. The lowest BCUT2D eigenvalue weighted by Gasteiger charge is -2.11. The lowest BCUT2D eigenvalue weighted by molar-refractivity contribution is 0.102. The zero-order chi connectivity index (χ0) is 24.5. The molecule has 0 bridgehead atoms. The first-order chi connectivity index (χ1) is 17.0. The van der Waals surface area contributed by atoms with E-state index in [9.17, 15) is 14.4 Å². The van der Waals surface area contributed by atoms with Gasteiger partial charge in [0, 0.05) is 11.6 Å². The molecule has 35 heavy (non-hydrogen) atoms. The van der Waals surface area contributed by atoms with Gasteiger partial charge in [0.15, 0.2) is 16.8 Å². The van der Waals surface area contributed by atoms with Crippen LogP contribution in [0.15, 0.2) is 61.8 Å². The number of rotatable bonds is 9. The molecule has 4 aromatic rings. The van der Waals surface area contributed by atoms with E-state index in [0.29, 0.717) is 29.0 Å². The van der Waals surface area contributed by atoms with Crippen molar-refractivity contribution in [2.75, 3.05) is 18.6 Å². The maximum atomic E-state index is 13.0. The number of hydrogen-bond donors (Lipinski definition) is 2. The summed E-state index contributed by atoms with van der Waals surface area (Å²) in [6.07, 6.45) is 3.13. The Kier molecular flexibility index (Phi) is 6.03. The number of nitrogen functional groups attached to an aromatic ring is 1. The van der Waals surface area contributed by atoms with Crippen molar-refractivity contribution in [3.63, 3.8) is 0 Å². The topological polar surface area (TPSA) is 151 Å². The molecule has 0 amide bonds. The van der Waals surface area contributed by atoms with E-state index in [1.54, 1.807) is 19.4 Å². The Morgan fingerprint density at radius 2 is 2.09 bits per heavy atom. The third-order valence-corrected chi connectivity index (χ3v) is 6.61. The molecule has 1 aromatic carbocycles. The first-order valence-electron chi connectivity index (χ1n) is 10.9. The van der Waals surface area contributed by atoms with Gasteiger partial charge < -0.3 is 14.9 Å². The summed E-state index contributed by atoms with van der Waals surface area (Å²) in [5, 5.41) is 9.07. The Bertz CT molecular complexity index is 1500. The highest BCUT2D eigenvalue weighted by molar-refractivity contribution is 7.99. The van der Waals surface area contributed by atoms with Crippen LogP contribution in [0.3, 0.4) is 0 Å². The number of ether oxygens (including phenoxy) is 1. The number of nitrogens with two attached hydrogens (primary N) is 1. The predicted octanol–water partition coefficient (Wildman–Crippen LogP) is 2.34. The van der Waals surface area contributed by atoms with Crippen molar-refractivity contribution in [3.05, 3.63) is 74.8 Å². The van der Waals surface area contributed by atoms with Gasteiger partial charge in [0.25, 0.3) is 5.56 Å². The average Bonchev–Trinajstić information content (AvgIpc) is 3.38. The van der Waals surface area contributed by atoms with Gasteiger partial charge in [-0.25, -0.2) is 4.79 Å². The van der Waals surface area contributed by atoms with Crippen LogP contribution in [0.25, 0.3) is 11.4 Å². The standard InChI is InChI=1S/C23H22N6O5S/c1-33-15-5-2-4-13(10-15)20-26-27-23(28(20)11-16-6-3-9-34-16)35-12-17(30)18-19(24)29(14-7-8-14)22(32)25-21(18)31/h2-6,9-10,14H,7-8,11-12,24H2,1H3,(H,25,31,32). The largest absolute Gasteiger partial charge is 0.497 e. The number of furan rings is 1. The third-order valence-electron chi connectivity index (χ3n) is 5.64. The zero-order valence-electron chi connectivity index (χ0n) is 18.8. The van der Waals surface area contributed by atoms with Crippen molar-refractivity contribution in [1.29, 1.82) is 0 Å². The molecule has 3 N–H and O–H groups in total. The molecule has 0 unspecified atom stereocenters. The average molecular weight is 495 g/mol. The summed E-state index contributed by atoms with van der Waals surface area (Å²) in [7, 11) is 1.58. The van der Waals surface area contributed by atoms with Crippen LogP contribution in [0.4, 0.5) is 5.82 Å². The molecule has 1 saturated carbocycles. The SMILES string of the molecule is COc1cccc(-c2nnc(SCC(=O)c3c(N)n(C4CC4)c(=O)[nH]c3=O)n2Cc2ccco2)c1. The molecular formula is C23H22N6O5S. The number of nitrogens with zero attached hydrogens (tertiary/aromatic N) is 4. The molecule has 5 rings (SSSR count). The third kappa shape index (κ3) is 4.52. The second-order valence-corrected chi connectivity index (χ2v) is 8.98. The van der Waals surface area contributed by atoms with Gasteiger partial charge in [-0.3, -0.25) is 23.7 Å². The van der Waals surface area contributed by atoms with Gasteiger partial charge in [-0.2, -0.15) is 0 Å². The number of benzene rings is 1. The summed E-state index contributed by atoms with van der Waals surface area (Å²) in [6.45, 7) is 0.332. The second-order valence-electron chi connectivity index (χ2n) is 8.04. The molecule has 0 radical (unpaired) electrons. The maximum Gasteiger partial charge on any atom is 0.330 e. The molecule has 1 aliphatic carbocycles. The van der Waals surface area contributed by atoms with Gasteiger partial charge in [0.05, 0.1) is 25.7 Å². The normalized spacial score (nSPS) is 13.2. The lowest BCUT2D eigenvalue weighted by atomic mass is 10.2. The van der Waals surface area contributed by atoms with Gasteiger partial charge in [-0.05, 0) is 37.1 Å². The van der Waals surface area contributed by atoms with Crippen molar-refractivity contribution in [2.24, 2.45) is 0 Å². The van der Waals surface area contributed by atoms with Crippen LogP contribution in [0.5, 0.6) is 5.75 Å². The van der Waals surface area contributed by atoms with Crippen molar-refractivity contribution < 1.29 is 13.9 Å². The van der Waals surface area contributed by atoms with Crippen LogP contribution < -0.4 is 21.7 Å². The first kappa shape index (κ1) is 22.7. The van der Waals surface area contributed by atoms with Crippen LogP contribution in [-0.4, -0.2) is 43.0 Å². The molecule has 0 spiro atoms. The lowest BCUT2D eigenvalue weighted by Crippen LogP contribution is -2.36. The highest BCUT2D eigenvalue weighted by Crippen LogP contribution is 2.35. The number of carbonyl (C=O) groups excluding carboxylic acids is 1. The number of aromatic nitrogens is 5. The molecule has 0 atom stereocenters.